The predicted octanol–water partition coefficient (Wildman–Crippen LogP) is 7.07. The Labute approximate surface area is 199 Å². The zero-order valence-corrected chi connectivity index (χ0v) is 19.7. The molecule has 3 aromatic rings. The highest BCUT2D eigenvalue weighted by Crippen LogP contribution is 2.39. The highest BCUT2D eigenvalue weighted by molar-refractivity contribution is 7.99. The van der Waals surface area contributed by atoms with Gasteiger partial charge in [0.2, 0.25) is 0 Å². The van der Waals surface area contributed by atoms with E-state index in [1.165, 1.54) is 29.7 Å². The van der Waals surface area contributed by atoms with E-state index in [4.69, 9.17) is 23.8 Å². The third-order valence-electron chi connectivity index (χ3n) is 5.81. The fraction of sp³-hybridized carbons (Fsp3) is 0.280. The summed E-state index contributed by atoms with van der Waals surface area (Å²) >= 11 is 13.3. The van der Waals surface area contributed by atoms with Crippen LogP contribution in [0.5, 0.6) is 0 Å². The predicted molar refractivity (Wildman–Crippen MR) is 135 cm³/mol. The van der Waals surface area contributed by atoms with Crippen LogP contribution in [0.15, 0.2) is 82.8 Å². The Morgan fingerprint density at radius 3 is 2.39 bits per heavy atom. The fourth-order valence-electron chi connectivity index (χ4n) is 4.15. The molecule has 2 N–H and O–H groups in total. The highest BCUT2D eigenvalue weighted by atomic mass is 35.5. The molecule has 0 amide bonds. The molecule has 0 unspecified atom stereocenters. The Hall–Kier alpha value is -2.08. The average Bonchev–Trinajstić information content (AvgIpc) is 2.81. The van der Waals surface area contributed by atoms with Gasteiger partial charge >= 0.3 is 0 Å². The van der Waals surface area contributed by atoms with Gasteiger partial charge in [0.1, 0.15) is 5.03 Å². The third-order valence-corrected chi connectivity index (χ3v) is 7.27. The number of aromatic nitrogens is 1. The highest BCUT2D eigenvalue weighted by Gasteiger charge is 2.33. The Morgan fingerprint density at radius 1 is 0.968 bits per heavy atom. The second kappa shape index (κ2) is 10.5. The quantitative estimate of drug-likeness (QED) is 0.379. The average molecular weight is 468 g/mol. The Kier molecular flexibility index (Phi) is 7.49. The van der Waals surface area contributed by atoms with Gasteiger partial charge in [0.15, 0.2) is 5.11 Å². The van der Waals surface area contributed by atoms with Gasteiger partial charge in [-0.1, -0.05) is 73.0 Å². The third kappa shape index (κ3) is 6.00. The standard InChI is InChI=1S/C25H26ClN3S2/c26-20-11-9-19(10-12-20)25(15-5-2-6-16-25)18-28-24(30)29-21-13-14-23(27-17-21)31-22-7-3-1-4-8-22/h1,3-4,7-14,17H,2,5-6,15-16,18H2,(H2,28,29,30). The number of nitrogens with one attached hydrogen (secondary N) is 2. The molecule has 6 heteroatoms. The van der Waals surface area contributed by atoms with E-state index in [-0.39, 0.29) is 5.41 Å². The van der Waals surface area contributed by atoms with Crippen molar-refractivity contribution in [3.63, 3.8) is 0 Å². The maximum Gasteiger partial charge on any atom is 0.170 e. The van der Waals surface area contributed by atoms with E-state index in [9.17, 15) is 0 Å². The summed E-state index contributed by atoms with van der Waals surface area (Å²) in [4.78, 5) is 5.72. The molecule has 0 atom stereocenters. The molecule has 1 fully saturated rings. The van der Waals surface area contributed by atoms with Crippen molar-refractivity contribution < 1.29 is 0 Å². The molecular weight excluding hydrogens is 442 g/mol. The van der Waals surface area contributed by atoms with Gasteiger partial charge in [0, 0.05) is 21.9 Å². The molecule has 4 rings (SSSR count). The van der Waals surface area contributed by atoms with Crippen molar-refractivity contribution in [2.24, 2.45) is 0 Å². The van der Waals surface area contributed by atoms with Gasteiger partial charge in [-0.25, -0.2) is 4.98 Å². The number of rotatable bonds is 6. The van der Waals surface area contributed by atoms with Gasteiger partial charge in [0.05, 0.1) is 11.9 Å². The topological polar surface area (TPSA) is 37.0 Å². The molecule has 1 saturated carbocycles. The Balaban J connectivity index is 1.35. The number of anilines is 1. The van der Waals surface area contributed by atoms with E-state index in [1.54, 1.807) is 11.8 Å². The zero-order chi connectivity index (χ0) is 21.5. The van der Waals surface area contributed by atoms with Crippen LogP contribution in [0.4, 0.5) is 5.69 Å². The summed E-state index contributed by atoms with van der Waals surface area (Å²) in [6.45, 7) is 0.815. The van der Waals surface area contributed by atoms with Crippen molar-refractivity contribution in [3.05, 3.63) is 83.5 Å². The lowest BCUT2D eigenvalue weighted by Gasteiger charge is -2.38. The minimum atomic E-state index is 0.100. The summed E-state index contributed by atoms with van der Waals surface area (Å²) in [7, 11) is 0. The lowest BCUT2D eigenvalue weighted by atomic mass is 9.69. The van der Waals surface area contributed by atoms with Crippen LogP contribution in [-0.4, -0.2) is 16.6 Å². The first kappa shape index (κ1) is 22.1. The normalized spacial score (nSPS) is 15.3. The molecule has 0 saturated heterocycles. The molecule has 0 spiro atoms. The maximum atomic E-state index is 6.12. The molecule has 2 aromatic carbocycles. The molecule has 1 heterocycles. The number of hydrogen-bond donors (Lipinski definition) is 2. The van der Waals surface area contributed by atoms with Crippen LogP contribution in [-0.2, 0) is 5.41 Å². The van der Waals surface area contributed by atoms with E-state index in [2.05, 4.69) is 39.9 Å². The summed E-state index contributed by atoms with van der Waals surface area (Å²) in [6.07, 6.45) is 7.95. The van der Waals surface area contributed by atoms with Crippen molar-refractivity contribution in [2.45, 2.75) is 47.4 Å². The number of thiocarbonyl (C=S) groups is 1. The van der Waals surface area contributed by atoms with Crippen LogP contribution < -0.4 is 10.6 Å². The summed E-state index contributed by atoms with van der Waals surface area (Å²) in [5.41, 5.74) is 2.33. The molecule has 1 aliphatic rings. The van der Waals surface area contributed by atoms with Crippen molar-refractivity contribution in [1.29, 1.82) is 0 Å². The van der Waals surface area contributed by atoms with Gasteiger partial charge in [-0.2, -0.15) is 0 Å². The minimum absolute atomic E-state index is 0.100. The number of nitrogens with zero attached hydrogens (tertiary/aromatic N) is 1. The van der Waals surface area contributed by atoms with Crippen molar-refractivity contribution in [2.75, 3.05) is 11.9 Å². The lowest BCUT2D eigenvalue weighted by Crippen LogP contribution is -2.43. The number of pyridine rings is 1. The molecule has 0 aliphatic heterocycles. The molecule has 0 bridgehead atoms. The van der Waals surface area contributed by atoms with Gasteiger partial charge in [-0.15, -0.1) is 0 Å². The SMILES string of the molecule is S=C(NCC1(c2ccc(Cl)cc2)CCCCC1)Nc1ccc(Sc2ccccc2)nc1. The molecule has 1 aromatic heterocycles. The largest absolute Gasteiger partial charge is 0.362 e. The van der Waals surface area contributed by atoms with Crippen LogP contribution in [0.3, 0.4) is 0 Å². The fourth-order valence-corrected chi connectivity index (χ4v) is 5.24. The Morgan fingerprint density at radius 2 is 1.71 bits per heavy atom. The first-order valence-electron chi connectivity index (χ1n) is 10.6. The number of hydrogen-bond acceptors (Lipinski definition) is 3. The van der Waals surface area contributed by atoms with Crippen molar-refractivity contribution >= 4 is 46.4 Å². The van der Waals surface area contributed by atoms with E-state index < -0.39 is 0 Å². The molecule has 31 heavy (non-hydrogen) atoms. The smallest absolute Gasteiger partial charge is 0.170 e. The molecule has 0 radical (unpaired) electrons. The first-order chi connectivity index (χ1) is 15.1. The minimum Gasteiger partial charge on any atom is -0.362 e. The maximum absolute atomic E-state index is 6.12. The zero-order valence-electron chi connectivity index (χ0n) is 17.3. The second-order valence-corrected chi connectivity index (χ2v) is 9.89. The van der Waals surface area contributed by atoms with Gasteiger partial charge in [-0.05, 0) is 67.0 Å². The van der Waals surface area contributed by atoms with Gasteiger partial charge < -0.3 is 10.6 Å². The lowest BCUT2D eigenvalue weighted by molar-refractivity contribution is 0.292. The molecule has 1 aliphatic carbocycles. The van der Waals surface area contributed by atoms with E-state index in [0.717, 1.165) is 35.1 Å². The van der Waals surface area contributed by atoms with Crippen LogP contribution >= 0.6 is 35.6 Å². The summed E-state index contributed by atoms with van der Waals surface area (Å²) in [5, 5.41) is 9.11. The number of halogens is 1. The van der Waals surface area contributed by atoms with E-state index in [1.807, 2.05) is 48.7 Å². The number of benzene rings is 2. The van der Waals surface area contributed by atoms with E-state index in [0.29, 0.717) is 5.11 Å². The summed E-state index contributed by atoms with van der Waals surface area (Å²) in [5.74, 6) is 0. The van der Waals surface area contributed by atoms with Crippen molar-refractivity contribution in [3.8, 4) is 0 Å². The van der Waals surface area contributed by atoms with Crippen LogP contribution in [0.2, 0.25) is 5.02 Å². The van der Waals surface area contributed by atoms with Crippen LogP contribution in [0.1, 0.15) is 37.7 Å². The van der Waals surface area contributed by atoms with E-state index >= 15 is 0 Å². The van der Waals surface area contributed by atoms with Crippen LogP contribution in [0.25, 0.3) is 0 Å². The summed E-state index contributed by atoms with van der Waals surface area (Å²) in [6, 6.07) is 22.6. The summed E-state index contributed by atoms with van der Waals surface area (Å²) < 4.78 is 0. The van der Waals surface area contributed by atoms with Gasteiger partial charge in [0.25, 0.3) is 0 Å². The van der Waals surface area contributed by atoms with Crippen LogP contribution in [0, 0.1) is 0 Å². The monoisotopic (exact) mass is 467 g/mol. The van der Waals surface area contributed by atoms with Gasteiger partial charge in [-0.3, -0.25) is 0 Å². The Bertz CT molecular complexity index is 986. The molecule has 160 valence electrons. The molecule has 3 nitrogen and oxygen atoms in total. The first-order valence-corrected chi connectivity index (χ1v) is 12.2. The molecular formula is C25H26ClN3S2. The van der Waals surface area contributed by atoms with Crippen molar-refractivity contribution in [1.82, 2.24) is 10.3 Å². The second-order valence-electron chi connectivity index (χ2n) is 7.96.